The van der Waals surface area contributed by atoms with Crippen molar-refractivity contribution in [3.8, 4) is 0 Å². The first-order chi connectivity index (χ1) is 9.15. The maximum absolute atomic E-state index is 11.7. The van der Waals surface area contributed by atoms with E-state index in [0.29, 0.717) is 12.5 Å². The Balaban J connectivity index is 1.63. The number of aromatic nitrogens is 2. The summed E-state index contributed by atoms with van der Waals surface area (Å²) in [6.07, 6.45) is 6.81. The van der Waals surface area contributed by atoms with Crippen LogP contribution in [0.4, 0.5) is 4.79 Å². The number of carbonyl (C=O) groups is 1. The Morgan fingerprint density at radius 3 is 2.74 bits per heavy atom. The van der Waals surface area contributed by atoms with E-state index < -0.39 is 0 Å². The Labute approximate surface area is 114 Å². The minimum Gasteiger partial charge on any atom is -0.338 e. The smallest absolute Gasteiger partial charge is 0.315 e. The summed E-state index contributed by atoms with van der Waals surface area (Å²) in [6.45, 7) is 5.58. The van der Waals surface area contributed by atoms with Crippen LogP contribution in [0.15, 0.2) is 6.20 Å². The van der Waals surface area contributed by atoms with Crippen molar-refractivity contribution in [2.24, 2.45) is 11.8 Å². The van der Waals surface area contributed by atoms with E-state index in [1.807, 2.05) is 6.92 Å². The molecule has 0 spiro atoms. The topological polar surface area (TPSA) is 69.8 Å². The first-order valence-electron chi connectivity index (χ1n) is 7.15. The lowest BCUT2D eigenvalue weighted by Gasteiger charge is -2.26. The standard InChI is InChI=1S/C14H24N4O/c1-10-3-5-12(6-4-10)7-15-14(19)16-8-13-9-17-18-11(13)2/h9-10,12H,3-8H2,1-2H3,(H,17,18)(H2,15,16,19). The van der Waals surface area contributed by atoms with Crippen molar-refractivity contribution in [3.05, 3.63) is 17.5 Å². The highest BCUT2D eigenvalue weighted by molar-refractivity contribution is 5.73. The molecule has 0 bridgehead atoms. The molecule has 1 saturated carbocycles. The zero-order chi connectivity index (χ0) is 13.7. The predicted molar refractivity (Wildman–Crippen MR) is 74.7 cm³/mol. The molecule has 1 aliphatic carbocycles. The van der Waals surface area contributed by atoms with Gasteiger partial charge in [0.1, 0.15) is 0 Å². The van der Waals surface area contributed by atoms with Crippen LogP contribution in [-0.4, -0.2) is 22.8 Å². The molecule has 1 heterocycles. The summed E-state index contributed by atoms with van der Waals surface area (Å²) >= 11 is 0. The second-order valence-corrected chi connectivity index (χ2v) is 5.71. The fourth-order valence-electron chi connectivity index (χ4n) is 2.56. The SMILES string of the molecule is Cc1[nH]ncc1CNC(=O)NCC1CCC(C)CC1. The molecule has 0 unspecified atom stereocenters. The first-order valence-corrected chi connectivity index (χ1v) is 7.15. The van der Waals surface area contributed by atoms with Crippen LogP contribution in [0.2, 0.25) is 0 Å². The summed E-state index contributed by atoms with van der Waals surface area (Å²) in [5, 5.41) is 12.6. The highest BCUT2D eigenvalue weighted by Gasteiger charge is 2.18. The number of nitrogens with zero attached hydrogens (tertiary/aromatic N) is 1. The zero-order valence-corrected chi connectivity index (χ0v) is 11.8. The monoisotopic (exact) mass is 264 g/mol. The van der Waals surface area contributed by atoms with Crippen molar-refractivity contribution in [1.82, 2.24) is 20.8 Å². The summed E-state index contributed by atoms with van der Waals surface area (Å²) in [5.74, 6) is 1.51. The van der Waals surface area contributed by atoms with Gasteiger partial charge in [-0.3, -0.25) is 5.10 Å². The molecule has 0 atom stereocenters. The quantitative estimate of drug-likeness (QED) is 0.781. The van der Waals surface area contributed by atoms with Crippen LogP contribution in [0.3, 0.4) is 0 Å². The van der Waals surface area contributed by atoms with Gasteiger partial charge in [0.25, 0.3) is 0 Å². The molecule has 1 fully saturated rings. The lowest BCUT2D eigenvalue weighted by atomic mass is 9.83. The third-order valence-electron chi connectivity index (χ3n) is 4.06. The highest BCUT2D eigenvalue weighted by Crippen LogP contribution is 2.27. The van der Waals surface area contributed by atoms with Crippen LogP contribution < -0.4 is 10.6 Å². The van der Waals surface area contributed by atoms with E-state index in [1.165, 1.54) is 25.7 Å². The van der Waals surface area contributed by atoms with Crippen molar-refractivity contribution in [3.63, 3.8) is 0 Å². The molecule has 2 rings (SSSR count). The van der Waals surface area contributed by atoms with E-state index in [-0.39, 0.29) is 6.03 Å². The lowest BCUT2D eigenvalue weighted by Crippen LogP contribution is -2.38. The average molecular weight is 264 g/mol. The molecular formula is C14H24N4O. The second-order valence-electron chi connectivity index (χ2n) is 5.71. The minimum absolute atomic E-state index is 0.0841. The summed E-state index contributed by atoms with van der Waals surface area (Å²) in [6, 6.07) is -0.0841. The Morgan fingerprint density at radius 1 is 1.37 bits per heavy atom. The van der Waals surface area contributed by atoms with Crippen molar-refractivity contribution in [1.29, 1.82) is 0 Å². The van der Waals surface area contributed by atoms with Gasteiger partial charge in [0, 0.05) is 24.3 Å². The summed E-state index contributed by atoms with van der Waals surface area (Å²) < 4.78 is 0. The van der Waals surface area contributed by atoms with Crippen molar-refractivity contribution in [2.75, 3.05) is 6.54 Å². The predicted octanol–water partition coefficient (Wildman–Crippen LogP) is 2.34. The Bertz CT molecular complexity index is 407. The molecule has 2 amide bonds. The zero-order valence-electron chi connectivity index (χ0n) is 11.8. The number of carbonyl (C=O) groups excluding carboxylic acids is 1. The van der Waals surface area contributed by atoms with E-state index in [1.54, 1.807) is 6.20 Å². The van der Waals surface area contributed by atoms with Crippen molar-refractivity contribution in [2.45, 2.75) is 46.1 Å². The average Bonchev–Trinajstić information content (AvgIpc) is 2.81. The van der Waals surface area contributed by atoms with E-state index >= 15 is 0 Å². The van der Waals surface area contributed by atoms with Crippen LogP contribution in [0, 0.1) is 18.8 Å². The molecule has 1 aliphatic rings. The fraction of sp³-hybridized carbons (Fsp3) is 0.714. The fourth-order valence-corrected chi connectivity index (χ4v) is 2.56. The number of amides is 2. The van der Waals surface area contributed by atoms with Gasteiger partial charge in [0.05, 0.1) is 6.20 Å². The summed E-state index contributed by atoms with van der Waals surface area (Å²) in [4.78, 5) is 11.7. The van der Waals surface area contributed by atoms with Gasteiger partial charge in [-0.2, -0.15) is 5.10 Å². The number of aryl methyl sites for hydroxylation is 1. The molecule has 1 aromatic heterocycles. The van der Waals surface area contributed by atoms with E-state index in [4.69, 9.17) is 0 Å². The lowest BCUT2D eigenvalue weighted by molar-refractivity contribution is 0.232. The van der Waals surface area contributed by atoms with Gasteiger partial charge >= 0.3 is 6.03 Å². The number of aromatic amines is 1. The minimum atomic E-state index is -0.0841. The van der Waals surface area contributed by atoms with Crippen molar-refractivity contribution >= 4 is 6.03 Å². The van der Waals surface area contributed by atoms with E-state index in [2.05, 4.69) is 27.8 Å². The number of rotatable bonds is 4. The summed E-state index contributed by atoms with van der Waals surface area (Å²) in [7, 11) is 0. The number of hydrogen-bond donors (Lipinski definition) is 3. The molecular weight excluding hydrogens is 240 g/mol. The normalized spacial score (nSPS) is 23.1. The van der Waals surface area contributed by atoms with Gasteiger partial charge in [-0.05, 0) is 31.6 Å². The Morgan fingerprint density at radius 2 is 2.11 bits per heavy atom. The third kappa shape index (κ3) is 4.26. The number of hydrogen-bond acceptors (Lipinski definition) is 2. The third-order valence-corrected chi connectivity index (χ3v) is 4.06. The maximum atomic E-state index is 11.7. The van der Waals surface area contributed by atoms with Crippen LogP contribution >= 0.6 is 0 Å². The van der Waals surface area contributed by atoms with Gasteiger partial charge in [-0.25, -0.2) is 4.79 Å². The summed E-state index contributed by atoms with van der Waals surface area (Å²) in [5.41, 5.74) is 2.03. The molecule has 5 heteroatoms. The molecule has 19 heavy (non-hydrogen) atoms. The van der Waals surface area contributed by atoms with Crippen LogP contribution in [0.5, 0.6) is 0 Å². The molecule has 0 aromatic carbocycles. The highest BCUT2D eigenvalue weighted by atomic mass is 16.2. The molecule has 0 saturated heterocycles. The Hall–Kier alpha value is -1.52. The molecule has 106 valence electrons. The van der Waals surface area contributed by atoms with E-state index in [9.17, 15) is 4.79 Å². The van der Waals surface area contributed by atoms with Gasteiger partial charge < -0.3 is 10.6 Å². The Kier molecular flexibility index (Phi) is 4.82. The van der Waals surface area contributed by atoms with Crippen LogP contribution in [0.1, 0.15) is 43.9 Å². The second kappa shape index (κ2) is 6.59. The van der Waals surface area contributed by atoms with Gasteiger partial charge in [-0.15, -0.1) is 0 Å². The van der Waals surface area contributed by atoms with Gasteiger partial charge in [-0.1, -0.05) is 19.8 Å². The number of urea groups is 1. The molecule has 3 N–H and O–H groups in total. The van der Waals surface area contributed by atoms with Crippen molar-refractivity contribution < 1.29 is 4.79 Å². The maximum Gasteiger partial charge on any atom is 0.315 e. The van der Waals surface area contributed by atoms with Crippen LogP contribution in [0.25, 0.3) is 0 Å². The molecule has 0 aliphatic heterocycles. The van der Waals surface area contributed by atoms with E-state index in [0.717, 1.165) is 23.7 Å². The molecule has 1 aromatic rings. The molecule has 0 radical (unpaired) electrons. The van der Waals surface area contributed by atoms with Gasteiger partial charge in [0.15, 0.2) is 0 Å². The number of nitrogens with one attached hydrogen (secondary N) is 3. The number of H-pyrrole nitrogens is 1. The van der Waals surface area contributed by atoms with Crippen LogP contribution in [-0.2, 0) is 6.54 Å². The first kappa shape index (κ1) is 13.9. The van der Waals surface area contributed by atoms with Gasteiger partial charge in [0.2, 0.25) is 0 Å². The molecule has 5 nitrogen and oxygen atoms in total. The largest absolute Gasteiger partial charge is 0.338 e.